The number of carbonyl (C=O) groups excluding carboxylic acids is 2. The lowest BCUT2D eigenvalue weighted by atomic mass is 10.0. The molecule has 0 saturated heterocycles. The van der Waals surface area contributed by atoms with Gasteiger partial charge in [0.2, 0.25) is 11.8 Å². The Morgan fingerprint density at radius 1 is 0.784 bits per heavy atom. The van der Waals surface area contributed by atoms with Gasteiger partial charge in [0.25, 0.3) is 0 Å². The van der Waals surface area contributed by atoms with Crippen molar-refractivity contribution < 1.29 is 19.1 Å². The summed E-state index contributed by atoms with van der Waals surface area (Å²) in [6.07, 6.45) is 4.16. The summed E-state index contributed by atoms with van der Waals surface area (Å²) in [5.41, 5.74) is 11.4. The Labute approximate surface area is 297 Å². The molecule has 262 valence electrons. The molecule has 0 aliphatic rings. The number of rotatable bonds is 16. The van der Waals surface area contributed by atoms with Gasteiger partial charge in [-0.1, -0.05) is 72.8 Å². The van der Waals surface area contributed by atoms with Crippen LogP contribution in [0, 0.1) is 0 Å². The van der Waals surface area contributed by atoms with Gasteiger partial charge in [0, 0.05) is 29.9 Å². The molecule has 2 aromatic heterocycles. The molecule has 5 N–H and O–H groups in total. The van der Waals surface area contributed by atoms with Gasteiger partial charge in [-0.15, -0.1) is 10.2 Å². The monoisotopic (exact) mass is 685 g/mol. The Morgan fingerprint density at radius 3 is 2.16 bits per heavy atom. The zero-order valence-corrected chi connectivity index (χ0v) is 28.8. The van der Waals surface area contributed by atoms with Gasteiger partial charge in [0.1, 0.15) is 17.3 Å². The van der Waals surface area contributed by atoms with Crippen LogP contribution in [0.2, 0.25) is 0 Å². The number of aromatic nitrogens is 4. The number of para-hydroxylation sites is 1. The number of nitrogens with two attached hydrogens (primary N) is 1. The number of methoxy groups -OCH3 is 2. The second-order valence-electron chi connectivity index (χ2n) is 12.5. The molecule has 0 unspecified atom stereocenters. The Morgan fingerprint density at radius 2 is 1.45 bits per heavy atom. The molecule has 0 aliphatic heterocycles. The van der Waals surface area contributed by atoms with Gasteiger partial charge < -0.3 is 35.4 Å². The molecule has 11 heteroatoms. The number of nitrogens with zero attached hydrogens (tertiary/aromatic N) is 3. The minimum absolute atomic E-state index is 0.243. The smallest absolute Gasteiger partial charge is 0.239 e. The number of nitrogens with one attached hydrogen (secondary N) is 3. The summed E-state index contributed by atoms with van der Waals surface area (Å²) in [5, 5.41) is 16.3. The zero-order valence-electron chi connectivity index (χ0n) is 28.8. The maximum absolute atomic E-state index is 13.6. The van der Waals surface area contributed by atoms with E-state index in [-0.39, 0.29) is 12.5 Å². The highest BCUT2D eigenvalue weighted by Gasteiger charge is 2.26. The number of hydrogen-bond donors (Lipinski definition) is 4. The summed E-state index contributed by atoms with van der Waals surface area (Å²) in [4.78, 5) is 29.9. The van der Waals surface area contributed by atoms with Crippen LogP contribution in [-0.4, -0.2) is 58.4 Å². The number of ether oxygens (including phenoxy) is 2. The number of aromatic amines is 1. The van der Waals surface area contributed by atoms with Gasteiger partial charge >= 0.3 is 0 Å². The third-order valence-electron chi connectivity index (χ3n) is 8.96. The highest BCUT2D eigenvalue weighted by atomic mass is 16.5. The molecule has 0 saturated carbocycles. The van der Waals surface area contributed by atoms with Crippen LogP contribution >= 0.6 is 0 Å². The topological polar surface area (TPSA) is 149 Å². The first-order valence-electron chi connectivity index (χ1n) is 17.0. The van der Waals surface area contributed by atoms with Crippen molar-refractivity contribution in [2.75, 3.05) is 20.8 Å². The first kappa shape index (κ1) is 34.9. The Kier molecular flexibility index (Phi) is 11.4. The molecule has 6 rings (SSSR count). The second-order valence-corrected chi connectivity index (χ2v) is 12.5. The molecule has 2 amide bonds. The van der Waals surface area contributed by atoms with E-state index >= 15 is 0 Å². The van der Waals surface area contributed by atoms with Crippen molar-refractivity contribution in [2.24, 2.45) is 5.73 Å². The first-order valence-corrected chi connectivity index (χ1v) is 17.0. The summed E-state index contributed by atoms with van der Waals surface area (Å²) >= 11 is 0. The van der Waals surface area contributed by atoms with Gasteiger partial charge in [0.05, 0.1) is 39.4 Å². The van der Waals surface area contributed by atoms with Gasteiger partial charge in [-0.05, 0) is 65.4 Å². The summed E-state index contributed by atoms with van der Waals surface area (Å²) < 4.78 is 12.7. The Bertz CT molecular complexity index is 2040. The molecule has 2 heterocycles. The van der Waals surface area contributed by atoms with E-state index in [0.29, 0.717) is 31.6 Å². The second kappa shape index (κ2) is 16.6. The first-order chi connectivity index (χ1) is 24.9. The van der Waals surface area contributed by atoms with Crippen molar-refractivity contribution in [1.29, 1.82) is 0 Å². The van der Waals surface area contributed by atoms with Crippen molar-refractivity contribution in [3.05, 3.63) is 143 Å². The molecule has 51 heavy (non-hydrogen) atoms. The molecule has 0 aliphatic carbocycles. The Balaban J connectivity index is 1.24. The largest absolute Gasteiger partial charge is 0.497 e. The fourth-order valence-electron chi connectivity index (χ4n) is 6.16. The predicted molar refractivity (Wildman–Crippen MR) is 197 cm³/mol. The lowest BCUT2D eigenvalue weighted by molar-refractivity contribution is -0.127. The van der Waals surface area contributed by atoms with E-state index < -0.39 is 18.0 Å². The maximum Gasteiger partial charge on any atom is 0.239 e. The number of fused-ring (bicyclic) bond motifs is 1. The van der Waals surface area contributed by atoms with Crippen LogP contribution < -0.4 is 25.8 Å². The highest BCUT2D eigenvalue weighted by molar-refractivity contribution is 5.88. The molecule has 11 nitrogen and oxygen atoms in total. The number of amides is 2. The van der Waals surface area contributed by atoms with E-state index in [1.54, 1.807) is 14.2 Å². The number of hydrogen-bond acceptors (Lipinski definition) is 7. The van der Waals surface area contributed by atoms with Crippen LogP contribution in [0.5, 0.6) is 11.5 Å². The highest BCUT2D eigenvalue weighted by Crippen LogP contribution is 2.26. The van der Waals surface area contributed by atoms with E-state index in [2.05, 4.69) is 43.5 Å². The van der Waals surface area contributed by atoms with Gasteiger partial charge in [0.15, 0.2) is 5.82 Å². The molecule has 0 fully saturated rings. The SMILES string of the molecule is COc1ccc(C[C@@H](N)C(=O)NCC(=O)N[C@H](Cc2c[nH]c3ccccc23)c2nnc(CCc3ccccc3)n2Cc2ccc(OC)cc2)cc1. The number of carbonyl (C=O) groups is 2. The zero-order chi connectivity index (χ0) is 35.6. The van der Waals surface area contributed by atoms with Crippen LogP contribution in [-0.2, 0) is 41.8 Å². The fraction of sp³-hybridized carbons (Fsp3) is 0.250. The van der Waals surface area contributed by atoms with Crippen LogP contribution in [0.3, 0.4) is 0 Å². The molecule has 0 spiro atoms. The number of benzene rings is 4. The molecular weight excluding hydrogens is 642 g/mol. The van der Waals surface area contributed by atoms with E-state index in [0.717, 1.165) is 51.3 Å². The third kappa shape index (κ3) is 9.00. The average Bonchev–Trinajstić information content (AvgIpc) is 3.77. The quantitative estimate of drug-likeness (QED) is 0.115. The average molecular weight is 686 g/mol. The van der Waals surface area contributed by atoms with Gasteiger partial charge in [-0.3, -0.25) is 9.59 Å². The molecule has 2 atom stereocenters. The molecule has 0 radical (unpaired) electrons. The molecular formula is C40H43N7O4. The van der Waals surface area contributed by atoms with Crippen LogP contribution in [0.4, 0.5) is 0 Å². The fourth-order valence-corrected chi connectivity index (χ4v) is 6.16. The van der Waals surface area contributed by atoms with Gasteiger partial charge in [-0.25, -0.2) is 0 Å². The van der Waals surface area contributed by atoms with Crippen molar-refractivity contribution in [3.63, 3.8) is 0 Å². The lowest BCUT2D eigenvalue weighted by Crippen LogP contribution is -2.46. The molecule has 0 bridgehead atoms. The van der Waals surface area contributed by atoms with Crippen LogP contribution in [0.1, 0.15) is 39.9 Å². The normalized spacial score (nSPS) is 12.3. The van der Waals surface area contributed by atoms with Crippen molar-refractivity contribution in [3.8, 4) is 11.5 Å². The van der Waals surface area contributed by atoms with E-state index in [4.69, 9.17) is 20.3 Å². The van der Waals surface area contributed by atoms with Gasteiger partial charge in [-0.2, -0.15) is 0 Å². The van der Waals surface area contributed by atoms with Crippen molar-refractivity contribution in [1.82, 2.24) is 30.4 Å². The Hall–Kier alpha value is -5.94. The summed E-state index contributed by atoms with van der Waals surface area (Å²) in [5.74, 6) is 2.13. The van der Waals surface area contributed by atoms with Crippen LogP contribution in [0.15, 0.2) is 109 Å². The summed E-state index contributed by atoms with van der Waals surface area (Å²) in [6, 6.07) is 32.2. The van der Waals surface area contributed by atoms with E-state index in [1.165, 1.54) is 5.56 Å². The molecule has 6 aromatic rings. The van der Waals surface area contributed by atoms with Crippen LogP contribution in [0.25, 0.3) is 10.9 Å². The maximum atomic E-state index is 13.6. The minimum Gasteiger partial charge on any atom is -0.497 e. The standard InChI is InChI=1S/C40H43N7O4/c1-50-31-17-12-28(13-18-31)22-34(41)40(49)43-25-38(48)44-36(23-30-24-42-35-11-7-6-10-33(30)35)39-46-45-37(21-16-27-8-4-3-5-9-27)47(39)26-29-14-19-32(51-2)20-15-29/h3-15,17-20,24,34,36,42H,16,21-23,25-26,41H2,1-2H3,(H,43,49)(H,44,48)/t34-,36-/m1/s1. The van der Waals surface area contributed by atoms with E-state index in [9.17, 15) is 9.59 Å². The third-order valence-corrected chi connectivity index (χ3v) is 8.96. The van der Waals surface area contributed by atoms with Crippen molar-refractivity contribution >= 4 is 22.7 Å². The predicted octanol–water partition coefficient (Wildman–Crippen LogP) is 4.70. The van der Waals surface area contributed by atoms with E-state index in [1.807, 2.05) is 91.1 Å². The molecule has 4 aromatic carbocycles. The van der Waals surface area contributed by atoms with Crippen molar-refractivity contribution in [2.45, 2.75) is 44.3 Å². The number of aryl methyl sites for hydroxylation is 2. The summed E-state index contributed by atoms with van der Waals surface area (Å²) in [7, 11) is 3.24. The number of H-pyrrole nitrogens is 1. The minimum atomic E-state index is -0.826. The summed E-state index contributed by atoms with van der Waals surface area (Å²) in [6.45, 7) is 0.251. The lowest BCUT2D eigenvalue weighted by Gasteiger charge is -2.21.